The van der Waals surface area contributed by atoms with Crippen LogP contribution in [0.15, 0.2) is 16.8 Å². The van der Waals surface area contributed by atoms with Crippen LogP contribution in [0.3, 0.4) is 0 Å². The number of carbonyl (C=O) groups is 2. The molecule has 0 unspecified atom stereocenters. The van der Waals surface area contributed by atoms with Crippen molar-refractivity contribution >= 4 is 18.2 Å². The molecule has 5 heteroatoms. The van der Waals surface area contributed by atoms with Gasteiger partial charge in [-0.2, -0.15) is 0 Å². The summed E-state index contributed by atoms with van der Waals surface area (Å²) in [6.07, 6.45) is 7.88. The van der Waals surface area contributed by atoms with E-state index in [-0.39, 0.29) is 11.6 Å². The highest BCUT2D eigenvalue weighted by atomic mass is 16.5. The lowest BCUT2D eigenvalue weighted by molar-refractivity contribution is -0.138. The van der Waals surface area contributed by atoms with Crippen molar-refractivity contribution in [3.8, 4) is 0 Å². The number of nitrogens with zero attached hydrogens (tertiary/aromatic N) is 1. The van der Waals surface area contributed by atoms with Gasteiger partial charge in [0.25, 0.3) is 5.91 Å². The summed E-state index contributed by atoms with van der Waals surface area (Å²) in [5, 5.41) is 2.36. The third kappa shape index (κ3) is 5.29. The van der Waals surface area contributed by atoms with Crippen LogP contribution in [0.25, 0.3) is 0 Å². The van der Waals surface area contributed by atoms with Crippen LogP contribution in [0.5, 0.6) is 0 Å². The van der Waals surface area contributed by atoms with E-state index in [1.54, 1.807) is 0 Å². The number of hydrogen-bond donors (Lipinski definition) is 1. The van der Waals surface area contributed by atoms with Gasteiger partial charge in [-0.25, -0.2) is 9.79 Å². The molecular weight excluding hydrogens is 220 g/mol. The largest absolute Gasteiger partial charge is 0.462 e. The quantitative estimate of drug-likeness (QED) is 0.415. The molecule has 0 aromatic rings. The monoisotopic (exact) mass is 238 g/mol. The average molecular weight is 238 g/mol. The second-order valence-electron chi connectivity index (χ2n) is 3.84. The van der Waals surface area contributed by atoms with Gasteiger partial charge in [-0.05, 0) is 6.42 Å². The smallest absolute Gasteiger partial charge is 0.333 e. The fourth-order valence-corrected chi connectivity index (χ4v) is 1.43. The predicted octanol–water partition coefficient (Wildman–Crippen LogP) is 1.54. The SMILES string of the molecule is CCCCCCCOC(=O)C=C1N=CNC1=O. The molecule has 94 valence electrons. The maximum atomic E-state index is 11.3. The Labute approximate surface area is 101 Å². The van der Waals surface area contributed by atoms with E-state index in [9.17, 15) is 9.59 Å². The molecule has 17 heavy (non-hydrogen) atoms. The molecule has 1 heterocycles. The molecule has 1 aliphatic heterocycles. The van der Waals surface area contributed by atoms with Gasteiger partial charge in [0, 0.05) is 0 Å². The third-order valence-electron chi connectivity index (χ3n) is 2.38. The Morgan fingerprint density at radius 3 is 2.82 bits per heavy atom. The molecule has 0 saturated heterocycles. The van der Waals surface area contributed by atoms with E-state index in [1.807, 2.05) is 0 Å². The molecule has 0 fully saturated rings. The van der Waals surface area contributed by atoms with Crippen LogP contribution in [0.2, 0.25) is 0 Å². The van der Waals surface area contributed by atoms with Crippen molar-refractivity contribution in [1.82, 2.24) is 5.32 Å². The van der Waals surface area contributed by atoms with Crippen molar-refractivity contribution in [2.24, 2.45) is 4.99 Å². The van der Waals surface area contributed by atoms with Crippen LogP contribution in [0.4, 0.5) is 0 Å². The van der Waals surface area contributed by atoms with Crippen molar-refractivity contribution in [2.75, 3.05) is 6.61 Å². The lowest BCUT2D eigenvalue weighted by Gasteiger charge is -2.01. The molecule has 0 aromatic carbocycles. The molecule has 1 aliphatic rings. The van der Waals surface area contributed by atoms with Crippen LogP contribution in [0.1, 0.15) is 39.0 Å². The molecule has 1 N–H and O–H groups in total. The van der Waals surface area contributed by atoms with Gasteiger partial charge < -0.3 is 10.1 Å². The normalized spacial score (nSPS) is 16.3. The van der Waals surface area contributed by atoms with Gasteiger partial charge in [-0.15, -0.1) is 0 Å². The van der Waals surface area contributed by atoms with Gasteiger partial charge in [0.1, 0.15) is 5.70 Å². The number of rotatable bonds is 7. The number of esters is 1. The zero-order chi connectivity index (χ0) is 12.5. The highest BCUT2D eigenvalue weighted by molar-refractivity contribution is 6.08. The van der Waals surface area contributed by atoms with E-state index in [1.165, 1.54) is 25.6 Å². The fraction of sp³-hybridized carbons (Fsp3) is 0.583. The Bertz CT molecular complexity index is 335. The van der Waals surface area contributed by atoms with E-state index in [4.69, 9.17) is 4.74 Å². The standard InChI is InChI=1S/C12H18N2O3/c1-2-3-4-5-6-7-17-11(15)8-10-12(16)14-9-13-10/h8-9H,2-7H2,1H3,(H,13,14,16). The Hall–Kier alpha value is -1.65. The molecule has 0 aromatic heterocycles. The van der Waals surface area contributed by atoms with Crippen molar-refractivity contribution in [3.05, 3.63) is 11.8 Å². The zero-order valence-electron chi connectivity index (χ0n) is 10.1. The average Bonchev–Trinajstić information content (AvgIpc) is 2.69. The zero-order valence-corrected chi connectivity index (χ0v) is 10.1. The molecule has 0 radical (unpaired) electrons. The van der Waals surface area contributed by atoms with Crippen LogP contribution >= 0.6 is 0 Å². The second kappa shape index (κ2) is 7.60. The van der Waals surface area contributed by atoms with Crippen molar-refractivity contribution in [2.45, 2.75) is 39.0 Å². The Balaban J connectivity index is 2.13. The summed E-state index contributed by atoms with van der Waals surface area (Å²) in [6.45, 7) is 2.55. The second-order valence-corrected chi connectivity index (χ2v) is 3.84. The molecule has 5 nitrogen and oxygen atoms in total. The van der Waals surface area contributed by atoms with Gasteiger partial charge in [0.05, 0.1) is 19.0 Å². The summed E-state index contributed by atoms with van der Waals surface area (Å²) in [4.78, 5) is 26.0. The van der Waals surface area contributed by atoms with E-state index < -0.39 is 5.97 Å². The molecular formula is C12H18N2O3. The number of unbranched alkanes of at least 4 members (excludes halogenated alkanes) is 4. The molecule has 0 spiro atoms. The Morgan fingerprint density at radius 2 is 2.18 bits per heavy atom. The summed E-state index contributed by atoms with van der Waals surface area (Å²) in [5.74, 6) is -0.880. The summed E-state index contributed by atoms with van der Waals surface area (Å²) in [6, 6.07) is 0. The predicted molar refractivity (Wildman–Crippen MR) is 64.4 cm³/mol. The first-order valence-electron chi connectivity index (χ1n) is 5.96. The number of nitrogens with one attached hydrogen (secondary N) is 1. The molecule has 0 bridgehead atoms. The van der Waals surface area contributed by atoms with Crippen molar-refractivity contribution in [1.29, 1.82) is 0 Å². The number of aliphatic imine (C=N–C) groups is 1. The maximum Gasteiger partial charge on any atom is 0.333 e. The summed E-state index contributed by atoms with van der Waals surface area (Å²) >= 11 is 0. The van der Waals surface area contributed by atoms with Gasteiger partial charge in [0.2, 0.25) is 0 Å². The van der Waals surface area contributed by atoms with Crippen molar-refractivity contribution < 1.29 is 14.3 Å². The highest BCUT2D eigenvalue weighted by Gasteiger charge is 2.14. The van der Waals surface area contributed by atoms with E-state index in [0.29, 0.717) is 6.61 Å². The fourth-order valence-electron chi connectivity index (χ4n) is 1.43. The van der Waals surface area contributed by atoms with E-state index in [0.717, 1.165) is 18.9 Å². The first-order chi connectivity index (χ1) is 8.24. The minimum absolute atomic E-state index is 0.0981. The summed E-state index contributed by atoms with van der Waals surface area (Å²) in [5.41, 5.74) is 0.0981. The Kier molecular flexibility index (Phi) is 5.99. The Morgan fingerprint density at radius 1 is 1.41 bits per heavy atom. The lowest BCUT2D eigenvalue weighted by atomic mass is 10.2. The number of amides is 1. The molecule has 1 amide bonds. The molecule has 0 saturated carbocycles. The van der Waals surface area contributed by atoms with Gasteiger partial charge in [-0.1, -0.05) is 32.6 Å². The number of carbonyl (C=O) groups excluding carboxylic acids is 2. The topological polar surface area (TPSA) is 67.8 Å². The minimum Gasteiger partial charge on any atom is -0.462 e. The van der Waals surface area contributed by atoms with Gasteiger partial charge >= 0.3 is 5.97 Å². The third-order valence-corrected chi connectivity index (χ3v) is 2.38. The number of hydrogen-bond acceptors (Lipinski definition) is 4. The molecule has 0 aliphatic carbocycles. The maximum absolute atomic E-state index is 11.3. The van der Waals surface area contributed by atoms with Crippen LogP contribution in [0, 0.1) is 0 Å². The summed E-state index contributed by atoms with van der Waals surface area (Å²) in [7, 11) is 0. The van der Waals surface area contributed by atoms with E-state index >= 15 is 0 Å². The molecule has 0 atom stereocenters. The molecule has 1 rings (SSSR count). The van der Waals surface area contributed by atoms with Gasteiger partial charge in [0.15, 0.2) is 0 Å². The first-order valence-corrected chi connectivity index (χ1v) is 5.96. The van der Waals surface area contributed by atoms with Gasteiger partial charge in [-0.3, -0.25) is 4.79 Å². The number of ether oxygens (including phenoxy) is 1. The van der Waals surface area contributed by atoms with Crippen LogP contribution < -0.4 is 5.32 Å². The van der Waals surface area contributed by atoms with Crippen LogP contribution in [-0.4, -0.2) is 24.8 Å². The highest BCUT2D eigenvalue weighted by Crippen LogP contribution is 2.04. The lowest BCUT2D eigenvalue weighted by Crippen LogP contribution is -2.16. The summed E-state index contributed by atoms with van der Waals surface area (Å²) < 4.78 is 4.96. The van der Waals surface area contributed by atoms with Crippen LogP contribution in [-0.2, 0) is 14.3 Å². The van der Waals surface area contributed by atoms with Crippen molar-refractivity contribution in [3.63, 3.8) is 0 Å². The first kappa shape index (κ1) is 13.4. The minimum atomic E-state index is -0.510. The van der Waals surface area contributed by atoms with E-state index in [2.05, 4.69) is 17.2 Å².